The molecule has 4 rings (SSSR count). The topological polar surface area (TPSA) is 166 Å². The second kappa shape index (κ2) is 54.2. The number of rotatable bonds is 51. The van der Waals surface area contributed by atoms with E-state index in [1.54, 1.807) is 72.8 Å². The minimum absolute atomic E-state index is 0.346. The first-order valence-electron chi connectivity index (χ1n) is 38.8. The number of carbonyl (C=O) groups excluding carboxylic acids is 6. The Morgan fingerprint density at radius 2 is 0.455 bits per heavy atom. The van der Waals surface area contributed by atoms with E-state index >= 15 is 0 Å². The molecule has 99 heavy (non-hydrogen) atoms. The lowest BCUT2D eigenvalue weighted by atomic mass is 10.0. The van der Waals surface area contributed by atoms with E-state index in [1.807, 2.05) is 18.2 Å². The van der Waals surface area contributed by atoms with Crippen LogP contribution in [0, 0.1) is 35.5 Å². The van der Waals surface area contributed by atoms with Crippen molar-refractivity contribution in [2.24, 2.45) is 0 Å². The van der Waals surface area contributed by atoms with Gasteiger partial charge in [-0.15, -0.1) is 0 Å². The number of hydrogen-bond acceptors (Lipinski definition) is 9. The summed E-state index contributed by atoms with van der Waals surface area (Å²) in [5.41, 5.74) is 5.12. The third-order valence-corrected chi connectivity index (χ3v) is 18.0. The largest absolute Gasteiger partial charge is 0.464 e. The summed E-state index contributed by atoms with van der Waals surface area (Å²) >= 11 is 0. The number of hydrogen-bond donors (Lipinski definition) is 3. The molecule has 0 saturated carbocycles. The second-order valence-electron chi connectivity index (χ2n) is 26.8. The third kappa shape index (κ3) is 38.0. The molecular formula is C87H123N3O9. The predicted molar refractivity (Wildman–Crippen MR) is 404 cm³/mol. The Kier molecular flexibility index (Phi) is 45.9. The van der Waals surface area contributed by atoms with Gasteiger partial charge in [0.1, 0.15) is 18.1 Å². The lowest BCUT2D eigenvalue weighted by Crippen LogP contribution is -2.42. The fraction of sp³-hybridized carbons (Fsp3) is 0.586. The van der Waals surface area contributed by atoms with Crippen LogP contribution in [0.25, 0.3) is 0 Å². The highest BCUT2D eigenvalue weighted by atomic mass is 16.5. The first kappa shape index (κ1) is 83.8. The molecule has 3 amide bonds. The van der Waals surface area contributed by atoms with Crippen LogP contribution in [0.15, 0.2) is 91.0 Å². The van der Waals surface area contributed by atoms with E-state index in [1.165, 1.54) is 135 Å². The fourth-order valence-corrected chi connectivity index (χ4v) is 11.7. The normalized spacial score (nSPS) is 11.7. The summed E-state index contributed by atoms with van der Waals surface area (Å²) in [6.45, 7) is 13.9. The summed E-state index contributed by atoms with van der Waals surface area (Å²) in [7, 11) is 0. The highest BCUT2D eigenvalue weighted by molar-refractivity contribution is 5.98. The third-order valence-electron chi connectivity index (χ3n) is 18.0. The lowest BCUT2D eigenvalue weighted by molar-refractivity contribution is -0.147. The zero-order valence-electron chi connectivity index (χ0n) is 61.8. The Morgan fingerprint density at radius 3 is 0.667 bits per heavy atom. The van der Waals surface area contributed by atoms with Crippen LogP contribution in [0.3, 0.4) is 0 Å². The maximum Gasteiger partial charge on any atom is 0.328 e. The van der Waals surface area contributed by atoms with E-state index in [-0.39, 0.29) is 17.7 Å². The summed E-state index contributed by atoms with van der Waals surface area (Å²) in [4.78, 5) is 80.5. The number of ether oxygens (including phenoxy) is 3. The van der Waals surface area contributed by atoms with Crippen molar-refractivity contribution in [2.75, 3.05) is 19.8 Å². The Bertz CT molecular complexity index is 2770. The molecule has 0 aromatic heterocycles. The van der Waals surface area contributed by atoms with Gasteiger partial charge in [-0.2, -0.15) is 0 Å². The number of carbonyl (C=O) groups is 6. The van der Waals surface area contributed by atoms with Crippen molar-refractivity contribution >= 4 is 35.6 Å². The maximum absolute atomic E-state index is 13.6. The van der Waals surface area contributed by atoms with Crippen LogP contribution in [0.4, 0.5) is 0 Å². The molecule has 0 bridgehead atoms. The summed E-state index contributed by atoms with van der Waals surface area (Å²) < 4.78 is 17.0. The molecule has 0 radical (unpaired) electrons. The summed E-state index contributed by atoms with van der Waals surface area (Å²) in [6.07, 6.45) is 42.1. The fourth-order valence-electron chi connectivity index (χ4n) is 11.7. The van der Waals surface area contributed by atoms with Crippen LogP contribution in [0.5, 0.6) is 0 Å². The molecule has 0 aliphatic rings. The van der Waals surface area contributed by atoms with Crippen molar-refractivity contribution in [3.05, 3.63) is 141 Å². The molecule has 0 heterocycles. The van der Waals surface area contributed by atoms with Crippen LogP contribution >= 0.6 is 0 Å². The molecular weight excluding hydrogens is 1230 g/mol. The molecule has 3 N–H and O–H groups in total. The van der Waals surface area contributed by atoms with Crippen LogP contribution in [0.2, 0.25) is 0 Å². The first-order valence-corrected chi connectivity index (χ1v) is 38.8. The highest BCUT2D eigenvalue weighted by Crippen LogP contribution is 2.18. The van der Waals surface area contributed by atoms with E-state index in [9.17, 15) is 28.8 Å². The van der Waals surface area contributed by atoms with E-state index in [0.29, 0.717) is 89.2 Å². The molecule has 540 valence electrons. The molecule has 4 aromatic rings. The van der Waals surface area contributed by atoms with Gasteiger partial charge in [-0.3, -0.25) is 14.4 Å². The Morgan fingerprint density at radius 1 is 0.263 bits per heavy atom. The van der Waals surface area contributed by atoms with Crippen LogP contribution in [-0.2, 0) is 28.6 Å². The molecule has 0 spiro atoms. The van der Waals surface area contributed by atoms with Gasteiger partial charge in [0.15, 0.2) is 0 Å². The smallest absolute Gasteiger partial charge is 0.328 e. The highest BCUT2D eigenvalue weighted by Gasteiger charge is 2.25. The van der Waals surface area contributed by atoms with E-state index in [4.69, 9.17) is 14.2 Å². The Labute approximate surface area is 598 Å². The standard InChI is InChI=1S/C87H123N3O9/c1-7-13-19-22-25-28-31-34-37-40-64-97-85(94)79(43-16-10-4)88-82(91)76-58-52-70(53-59-76)46-49-73-67-74(50-47-71-54-60-77(61-55-71)83(92)89-80(44-17-11-5)86(95)98-65-41-38-35-32-29-26-23-20-14-8-2)69-75(68-73)51-48-72-56-62-78(63-57-72)84(93)90-81(45-18-12-6)87(96)99-66-42-39-36-33-30-27-24-21-15-9-3/h52-63,67-69,79-81H,7-45,64-66H2,1-6H3,(H,88,91)(H,89,92)(H,90,93)/t79-,80-,81-/m0/s1. The molecule has 0 saturated heterocycles. The first-order chi connectivity index (χ1) is 48.4. The van der Waals surface area contributed by atoms with Gasteiger partial charge in [0.25, 0.3) is 17.7 Å². The van der Waals surface area contributed by atoms with Gasteiger partial charge in [-0.25, -0.2) is 14.4 Å². The predicted octanol–water partition coefficient (Wildman–Crippen LogP) is 20.1. The number of benzene rings is 4. The summed E-state index contributed by atoms with van der Waals surface area (Å²) in [5, 5.41) is 8.80. The molecule has 4 aromatic carbocycles. The number of unbranched alkanes of at least 4 members (excludes halogenated alkanes) is 30. The van der Waals surface area contributed by atoms with Crippen molar-refractivity contribution in [3.63, 3.8) is 0 Å². The molecule has 0 aliphatic carbocycles. The zero-order valence-corrected chi connectivity index (χ0v) is 61.8. The van der Waals surface area contributed by atoms with Crippen LogP contribution in [-0.4, -0.2) is 73.6 Å². The van der Waals surface area contributed by atoms with Crippen molar-refractivity contribution < 1.29 is 43.0 Å². The average Bonchev–Trinajstić information content (AvgIpc) is 0.924. The SMILES string of the molecule is CCCCCCCCCCCCOC(=O)[C@H](CCCC)NC(=O)c1ccc(C#Cc2cc(C#Cc3ccc(C(=O)N[C@@H](CCCC)C(=O)OCCCCCCCCCCCC)cc3)cc(C#Cc3ccc(C(=O)N[C@@H](CCCC)C(=O)OCCCCCCCCCCCC)cc3)c2)cc1. The minimum atomic E-state index is -0.740. The number of nitrogens with one attached hydrogen (secondary N) is 3. The van der Waals surface area contributed by atoms with E-state index < -0.39 is 36.0 Å². The van der Waals surface area contributed by atoms with Gasteiger partial charge in [-0.05, 0) is 130 Å². The van der Waals surface area contributed by atoms with Gasteiger partial charge in [0.05, 0.1) is 19.8 Å². The van der Waals surface area contributed by atoms with Gasteiger partial charge < -0.3 is 30.2 Å². The molecule has 0 aliphatic heterocycles. The molecule has 0 unspecified atom stereocenters. The van der Waals surface area contributed by atoms with Crippen LogP contribution in [0.1, 0.15) is 356 Å². The van der Waals surface area contributed by atoms with Crippen LogP contribution < -0.4 is 16.0 Å². The monoisotopic (exact) mass is 1350 g/mol. The quantitative estimate of drug-likeness (QED) is 0.0169. The van der Waals surface area contributed by atoms with Crippen molar-refractivity contribution in [1.29, 1.82) is 0 Å². The van der Waals surface area contributed by atoms with Gasteiger partial charge in [-0.1, -0.05) is 289 Å². The van der Waals surface area contributed by atoms with Crippen molar-refractivity contribution in [1.82, 2.24) is 16.0 Å². The second-order valence-corrected chi connectivity index (χ2v) is 26.8. The zero-order chi connectivity index (χ0) is 71.2. The van der Waals surface area contributed by atoms with Crippen molar-refractivity contribution in [2.45, 2.75) is 310 Å². The van der Waals surface area contributed by atoms with Crippen molar-refractivity contribution in [3.8, 4) is 35.5 Å². The summed E-state index contributed by atoms with van der Waals surface area (Å²) in [6, 6.07) is 24.3. The molecule has 12 heteroatoms. The summed E-state index contributed by atoms with van der Waals surface area (Å²) in [5.74, 6) is 17.3. The molecule has 12 nitrogen and oxygen atoms in total. The Hall–Kier alpha value is -7.62. The number of esters is 3. The number of amides is 3. The van der Waals surface area contributed by atoms with E-state index in [2.05, 4.69) is 93.0 Å². The molecule has 0 fully saturated rings. The van der Waals surface area contributed by atoms with Gasteiger partial charge in [0, 0.05) is 50.1 Å². The Balaban J connectivity index is 1.48. The lowest BCUT2D eigenvalue weighted by Gasteiger charge is -2.17. The average molecular weight is 1350 g/mol. The molecule has 3 atom stereocenters. The van der Waals surface area contributed by atoms with Gasteiger partial charge in [0.2, 0.25) is 0 Å². The van der Waals surface area contributed by atoms with Gasteiger partial charge >= 0.3 is 17.9 Å². The van der Waals surface area contributed by atoms with E-state index in [0.717, 1.165) is 96.3 Å². The maximum atomic E-state index is 13.6. The minimum Gasteiger partial charge on any atom is -0.464 e.